The van der Waals surface area contributed by atoms with Gasteiger partial charge in [0.2, 0.25) is 0 Å². The molecular weight excluding hydrogens is 328 g/mol. The topological polar surface area (TPSA) is 41.0 Å². The Morgan fingerprint density at radius 1 is 1.16 bits per heavy atom. The lowest BCUT2D eigenvalue weighted by Gasteiger charge is -2.33. The van der Waals surface area contributed by atoms with E-state index in [1.165, 1.54) is 42.7 Å². The summed E-state index contributed by atoms with van der Waals surface area (Å²) in [6.07, 6.45) is 8.96. The molecule has 2 aromatic rings. The van der Waals surface area contributed by atoms with Gasteiger partial charge in [-0.1, -0.05) is 12.1 Å². The van der Waals surface area contributed by atoms with Crippen molar-refractivity contribution >= 4 is 17.6 Å². The number of piperidine rings is 1. The predicted octanol–water partition coefficient (Wildman–Crippen LogP) is 4.15. The fourth-order valence-corrected chi connectivity index (χ4v) is 3.92. The third-order valence-corrected chi connectivity index (χ3v) is 5.78. The van der Waals surface area contributed by atoms with Crippen molar-refractivity contribution in [2.75, 3.05) is 24.7 Å². The summed E-state index contributed by atoms with van der Waals surface area (Å²) in [4.78, 5) is 13.0. The Bertz CT molecular complexity index is 699. The zero-order chi connectivity index (χ0) is 17.1. The number of likely N-dealkylation sites (tertiary alicyclic amines) is 1. The van der Waals surface area contributed by atoms with E-state index in [0.29, 0.717) is 12.0 Å². The molecule has 1 aliphatic heterocycles. The van der Waals surface area contributed by atoms with E-state index in [2.05, 4.69) is 45.7 Å². The molecule has 1 saturated heterocycles. The second kappa shape index (κ2) is 7.75. The van der Waals surface area contributed by atoms with Gasteiger partial charge in [-0.25, -0.2) is 9.97 Å². The van der Waals surface area contributed by atoms with Crippen molar-refractivity contribution in [2.45, 2.75) is 49.1 Å². The second-order valence-corrected chi connectivity index (χ2v) is 8.02. The van der Waals surface area contributed by atoms with E-state index in [0.717, 1.165) is 24.7 Å². The number of thioether (sulfide) groups is 1. The largest absolute Gasteiger partial charge is 0.366 e. The van der Waals surface area contributed by atoms with Gasteiger partial charge in [-0.15, -0.1) is 11.8 Å². The highest BCUT2D eigenvalue weighted by Crippen LogP contribution is 2.38. The number of hydrogen-bond acceptors (Lipinski definition) is 5. The van der Waals surface area contributed by atoms with E-state index >= 15 is 0 Å². The van der Waals surface area contributed by atoms with Crippen LogP contribution in [0.2, 0.25) is 0 Å². The molecule has 0 amide bonds. The summed E-state index contributed by atoms with van der Waals surface area (Å²) in [5.41, 5.74) is 1.40. The number of nitrogens with one attached hydrogen (secondary N) is 1. The van der Waals surface area contributed by atoms with Gasteiger partial charge in [0.15, 0.2) is 0 Å². The number of nitrogens with zero attached hydrogens (tertiary/aromatic N) is 3. The maximum absolute atomic E-state index is 4.71. The maximum Gasteiger partial charge on any atom is 0.133 e. The van der Waals surface area contributed by atoms with Gasteiger partial charge in [0.05, 0.1) is 0 Å². The third kappa shape index (κ3) is 4.53. The quantitative estimate of drug-likeness (QED) is 0.789. The zero-order valence-corrected chi connectivity index (χ0v) is 15.6. The van der Waals surface area contributed by atoms with Crippen LogP contribution in [0.3, 0.4) is 0 Å². The molecule has 4 nitrogen and oxygen atoms in total. The van der Waals surface area contributed by atoms with E-state index in [9.17, 15) is 0 Å². The van der Waals surface area contributed by atoms with Gasteiger partial charge in [0.1, 0.15) is 11.6 Å². The van der Waals surface area contributed by atoms with Gasteiger partial charge in [-0.05, 0) is 62.2 Å². The predicted molar refractivity (Wildman–Crippen MR) is 104 cm³/mol. The first-order chi connectivity index (χ1) is 12.3. The Morgan fingerprint density at radius 3 is 2.76 bits per heavy atom. The number of aromatic nitrogens is 2. The van der Waals surface area contributed by atoms with Crippen LogP contribution in [0.5, 0.6) is 0 Å². The molecule has 0 bridgehead atoms. The third-order valence-electron chi connectivity index (χ3n) is 5.04. The first-order valence-electron chi connectivity index (χ1n) is 9.25. The van der Waals surface area contributed by atoms with Gasteiger partial charge in [0, 0.05) is 36.1 Å². The van der Waals surface area contributed by atoms with Crippen molar-refractivity contribution in [1.82, 2.24) is 14.9 Å². The van der Waals surface area contributed by atoms with Gasteiger partial charge in [0.25, 0.3) is 0 Å². The highest BCUT2D eigenvalue weighted by Gasteiger charge is 2.27. The molecule has 25 heavy (non-hydrogen) atoms. The monoisotopic (exact) mass is 354 g/mol. The fourth-order valence-electron chi connectivity index (χ4n) is 3.51. The molecule has 1 aromatic heterocycles. The van der Waals surface area contributed by atoms with Crippen LogP contribution >= 0.6 is 11.8 Å². The molecule has 1 aromatic carbocycles. The minimum Gasteiger partial charge on any atom is -0.366 e. The van der Waals surface area contributed by atoms with E-state index in [1.807, 2.05) is 12.3 Å². The Hall–Kier alpha value is -1.59. The molecule has 132 valence electrons. The smallest absolute Gasteiger partial charge is 0.133 e. The van der Waals surface area contributed by atoms with Crippen LogP contribution in [-0.4, -0.2) is 40.3 Å². The van der Waals surface area contributed by atoms with Crippen LogP contribution in [0.15, 0.2) is 41.4 Å². The average molecular weight is 355 g/mol. The highest BCUT2D eigenvalue weighted by molar-refractivity contribution is 7.98. The van der Waals surface area contributed by atoms with Crippen molar-refractivity contribution in [3.05, 3.63) is 47.9 Å². The Kier molecular flexibility index (Phi) is 5.22. The minimum atomic E-state index is 0.473. The summed E-state index contributed by atoms with van der Waals surface area (Å²) in [5.74, 6) is 2.62. The first-order valence-corrected chi connectivity index (χ1v) is 10.5. The van der Waals surface area contributed by atoms with Crippen LogP contribution in [-0.2, 0) is 6.54 Å². The lowest BCUT2D eigenvalue weighted by molar-refractivity contribution is 0.208. The van der Waals surface area contributed by atoms with E-state index in [4.69, 9.17) is 4.98 Å². The summed E-state index contributed by atoms with van der Waals surface area (Å²) >= 11 is 1.80. The number of hydrogen-bond donors (Lipinski definition) is 1. The molecule has 1 unspecified atom stereocenters. The highest BCUT2D eigenvalue weighted by atomic mass is 32.2. The summed E-state index contributed by atoms with van der Waals surface area (Å²) in [5, 5.41) is 3.64. The zero-order valence-electron chi connectivity index (χ0n) is 14.8. The van der Waals surface area contributed by atoms with Gasteiger partial charge in [-0.2, -0.15) is 0 Å². The van der Waals surface area contributed by atoms with Gasteiger partial charge >= 0.3 is 0 Å². The molecule has 2 aliphatic rings. The average Bonchev–Trinajstić information content (AvgIpc) is 3.48. The number of anilines is 1. The Morgan fingerprint density at radius 2 is 2.00 bits per heavy atom. The second-order valence-electron chi connectivity index (χ2n) is 7.14. The minimum absolute atomic E-state index is 0.473. The number of benzene rings is 1. The number of rotatable bonds is 6. The van der Waals surface area contributed by atoms with Crippen LogP contribution in [0, 0.1) is 0 Å². The van der Waals surface area contributed by atoms with Crippen molar-refractivity contribution in [3.63, 3.8) is 0 Å². The molecule has 1 atom stereocenters. The van der Waals surface area contributed by atoms with Gasteiger partial charge in [-0.3, -0.25) is 4.90 Å². The molecule has 5 heteroatoms. The van der Waals surface area contributed by atoms with Crippen molar-refractivity contribution in [3.8, 4) is 0 Å². The molecule has 1 aliphatic carbocycles. The van der Waals surface area contributed by atoms with E-state index in [-0.39, 0.29) is 0 Å². The lowest BCUT2D eigenvalue weighted by atomic mass is 10.0. The van der Waals surface area contributed by atoms with Crippen molar-refractivity contribution < 1.29 is 0 Å². The Balaban J connectivity index is 1.34. The van der Waals surface area contributed by atoms with Crippen molar-refractivity contribution in [2.24, 2.45) is 0 Å². The fraction of sp³-hybridized carbons (Fsp3) is 0.500. The molecule has 0 radical (unpaired) electrons. The molecule has 0 spiro atoms. The summed E-state index contributed by atoms with van der Waals surface area (Å²) in [7, 11) is 0. The SMILES string of the molecule is CSc1ccc(CN2CCCC(Nc3ccnc(C4CC4)n3)C2)cc1. The lowest BCUT2D eigenvalue weighted by Crippen LogP contribution is -2.41. The molecule has 4 rings (SSSR count). The molecule has 1 saturated carbocycles. The van der Waals surface area contributed by atoms with E-state index < -0.39 is 0 Å². The summed E-state index contributed by atoms with van der Waals surface area (Å²) < 4.78 is 0. The maximum atomic E-state index is 4.71. The van der Waals surface area contributed by atoms with Crippen molar-refractivity contribution in [1.29, 1.82) is 0 Å². The molecule has 2 fully saturated rings. The molecule has 2 heterocycles. The standard InChI is InChI=1S/C20H26N4S/c1-25-18-8-4-15(5-9-18)13-24-12-2-3-17(14-24)22-19-10-11-21-20(23-19)16-6-7-16/h4-5,8-11,16-17H,2-3,6-7,12-14H2,1H3,(H,21,22,23). The molecular formula is C20H26N4S. The normalized spacial score (nSPS) is 21.2. The molecule has 1 N–H and O–H groups in total. The van der Waals surface area contributed by atoms with Crippen LogP contribution in [0.4, 0.5) is 5.82 Å². The first kappa shape index (κ1) is 16.9. The van der Waals surface area contributed by atoms with Crippen LogP contribution in [0.1, 0.15) is 43.0 Å². The van der Waals surface area contributed by atoms with Gasteiger partial charge < -0.3 is 5.32 Å². The van der Waals surface area contributed by atoms with E-state index in [1.54, 1.807) is 11.8 Å². The Labute approximate surface area is 154 Å². The summed E-state index contributed by atoms with van der Waals surface area (Å²) in [6, 6.07) is 11.4. The summed E-state index contributed by atoms with van der Waals surface area (Å²) in [6.45, 7) is 3.29. The van der Waals surface area contributed by atoms with Crippen LogP contribution < -0.4 is 5.32 Å². The van der Waals surface area contributed by atoms with Crippen LogP contribution in [0.25, 0.3) is 0 Å².